The third kappa shape index (κ3) is 8.94. The number of imidazole rings is 1. The molecule has 5 unspecified atom stereocenters. The number of nitrogens with zero attached hydrogens (tertiary/aromatic N) is 1. The highest BCUT2D eigenvalue weighted by molar-refractivity contribution is 7.98. The van der Waals surface area contributed by atoms with E-state index >= 15 is 0 Å². The summed E-state index contributed by atoms with van der Waals surface area (Å²) < 4.78 is 0. The van der Waals surface area contributed by atoms with Gasteiger partial charge in [-0.15, -0.1) is 0 Å². The third-order valence-corrected chi connectivity index (χ3v) is 5.02. The van der Waals surface area contributed by atoms with Crippen LogP contribution < -0.4 is 21.7 Å². The van der Waals surface area contributed by atoms with Crippen LogP contribution in [0.3, 0.4) is 0 Å². The van der Waals surface area contributed by atoms with Crippen LogP contribution in [-0.2, 0) is 25.6 Å². The summed E-state index contributed by atoms with van der Waals surface area (Å²) in [5.74, 6) is -2.70. The van der Waals surface area contributed by atoms with Crippen molar-refractivity contribution in [3.63, 3.8) is 0 Å². The van der Waals surface area contributed by atoms with Gasteiger partial charge < -0.3 is 36.9 Å². The highest BCUT2D eigenvalue weighted by atomic mass is 32.2. The number of aromatic nitrogens is 2. The number of carboxylic acid groups (broad SMARTS) is 1. The van der Waals surface area contributed by atoms with Crippen molar-refractivity contribution >= 4 is 35.5 Å². The van der Waals surface area contributed by atoms with Gasteiger partial charge in [-0.1, -0.05) is 0 Å². The van der Waals surface area contributed by atoms with Gasteiger partial charge in [0.05, 0.1) is 18.5 Å². The van der Waals surface area contributed by atoms with Crippen molar-refractivity contribution in [2.45, 2.75) is 57.0 Å². The van der Waals surface area contributed by atoms with E-state index in [2.05, 4.69) is 25.9 Å². The number of nitrogens with two attached hydrogens (primary N) is 1. The Morgan fingerprint density at radius 1 is 1.16 bits per heavy atom. The molecule has 0 saturated heterocycles. The molecule has 0 aliphatic carbocycles. The fraction of sp³-hybridized carbons (Fsp3) is 0.611. The largest absolute Gasteiger partial charge is 0.480 e. The summed E-state index contributed by atoms with van der Waals surface area (Å²) in [6.07, 6.45) is 3.80. The topological polar surface area (TPSA) is 200 Å². The SMILES string of the molecule is CSCCC(N)C(=O)NC(C)C(=O)NC(Cc1cnc[nH]1)C(=O)NC(C(=O)O)C(C)O. The number of carbonyl (C=O) groups excluding carboxylic acids is 3. The van der Waals surface area contributed by atoms with Gasteiger partial charge in [0.2, 0.25) is 17.7 Å². The van der Waals surface area contributed by atoms with E-state index in [1.54, 1.807) is 11.8 Å². The highest BCUT2D eigenvalue weighted by Gasteiger charge is 2.31. The molecule has 0 radical (unpaired) electrons. The van der Waals surface area contributed by atoms with Crippen molar-refractivity contribution in [2.24, 2.45) is 5.73 Å². The molecular formula is C18H30N6O6S. The van der Waals surface area contributed by atoms with Crippen LogP contribution in [-0.4, -0.2) is 86.2 Å². The van der Waals surface area contributed by atoms with E-state index in [0.29, 0.717) is 17.9 Å². The molecule has 1 heterocycles. The summed E-state index contributed by atoms with van der Waals surface area (Å²) in [6.45, 7) is 2.66. The predicted octanol–water partition coefficient (Wildman–Crippen LogP) is -2.03. The summed E-state index contributed by atoms with van der Waals surface area (Å²) in [4.78, 5) is 55.2. The Labute approximate surface area is 184 Å². The summed E-state index contributed by atoms with van der Waals surface area (Å²) >= 11 is 1.54. The molecule has 12 nitrogen and oxygen atoms in total. The lowest BCUT2D eigenvalue weighted by molar-refractivity contribution is -0.145. The van der Waals surface area contributed by atoms with Crippen LogP contribution in [0, 0.1) is 0 Å². The number of aromatic amines is 1. The van der Waals surface area contributed by atoms with Crippen molar-refractivity contribution in [1.82, 2.24) is 25.9 Å². The van der Waals surface area contributed by atoms with Gasteiger partial charge in [-0.3, -0.25) is 14.4 Å². The van der Waals surface area contributed by atoms with E-state index in [0.717, 1.165) is 0 Å². The first-order chi connectivity index (χ1) is 14.6. The maximum atomic E-state index is 12.7. The molecule has 3 amide bonds. The van der Waals surface area contributed by atoms with Crippen LogP contribution in [0.2, 0.25) is 0 Å². The molecule has 0 aliphatic rings. The van der Waals surface area contributed by atoms with Gasteiger partial charge in [0, 0.05) is 18.3 Å². The third-order valence-electron chi connectivity index (χ3n) is 4.38. The Morgan fingerprint density at radius 3 is 2.35 bits per heavy atom. The van der Waals surface area contributed by atoms with Crippen LogP contribution >= 0.6 is 11.8 Å². The Balaban J connectivity index is 2.84. The molecular weight excluding hydrogens is 428 g/mol. The highest BCUT2D eigenvalue weighted by Crippen LogP contribution is 2.03. The molecule has 31 heavy (non-hydrogen) atoms. The molecule has 0 fully saturated rings. The van der Waals surface area contributed by atoms with Gasteiger partial charge in [0.25, 0.3) is 0 Å². The summed E-state index contributed by atoms with van der Waals surface area (Å²) in [6, 6.07) is -4.50. The fourth-order valence-electron chi connectivity index (χ4n) is 2.53. The molecule has 1 aromatic heterocycles. The number of hydrogen-bond donors (Lipinski definition) is 7. The Kier molecular flexibility index (Phi) is 11.0. The normalized spacial score (nSPS) is 15.8. The minimum absolute atomic E-state index is 0.0162. The zero-order valence-corrected chi connectivity index (χ0v) is 18.4. The van der Waals surface area contributed by atoms with Crippen LogP contribution in [0.15, 0.2) is 12.5 Å². The summed E-state index contributed by atoms with van der Waals surface area (Å²) in [5, 5.41) is 26.0. The van der Waals surface area contributed by atoms with Crippen LogP contribution in [0.1, 0.15) is 26.0 Å². The maximum Gasteiger partial charge on any atom is 0.328 e. The second-order valence-corrected chi connectivity index (χ2v) is 8.01. The monoisotopic (exact) mass is 458 g/mol. The predicted molar refractivity (Wildman–Crippen MR) is 114 cm³/mol. The van der Waals surface area contributed by atoms with Crippen molar-refractivity contribution in [2.75, 3.05) is 12.0 Å². The van der Waals surface area contributed by atoms with Crippen molar-refractivity contribution in [3.8, 4) is 0 Å². The minimum atomic E-state index is -1.56. The van der Waals surface area contributed by atoms with Crippen molar-refractivity contribution < 1.29 is 29.4 Å². The number of rotatable bonds is 13. The molecule has 1 rings (SSSR count). The van der Waals surface area contributed by atoms with Crippen LogP contribution in [0.25, 0.3) is 0 Å². The Morgan fingerprint density at radius 2 is 1.84 bits per heavy atom. The van der Waals surface area contributed by atoms with Crippen molar-refractivity contribution in [1.29, 1.82) is 0 Å². The van der Waals surface area contributed by atoms with E-state index in [1.165, 1.54) is 26.4 Å². The molecule has 5 atom stereocenters. The molecule has 13 heteroatoms. The zero-order chi connectivity index (χ0) is 23.6. The second kappa shape index (κ2) is 12.9. The van der Waals surface area contributed by atoms with E-state index in [1.807, 2.05) is 6.26 Å². The summed E-state index contributed by atoms with van der Waals surface area (Å²) in [7, 11) is 0. The van der Waals surface area contributed by atoms with E-state index in [4.69, 9.17) is 5.73 Å². The van der Waals surface area contributed by atoms with Gasteiger partial charge in [-0.25, -0.2) is 9.78 Å². The minimum Gasteiger partial charge on any atom is -0.480 e. The van der Waals surface area contributed by atoms with Crippen molar-refractivity contribution in [3.05, 3.63) is 18.2 Å². The van der Waals surface area contributed by atoms with Crippen LogP contribution in [0.4, 0.5) is 0 Å². The van der Waals surface area contributed by atoms with E-state index < -0.39 is 54.0 Å². The van der Waals surface area contributed by atoms with Gasteiger partial charge in [-0.05, 0) is 32.3 Å². The van der Waals surface area contributed by atoms with Gasteiger partial charge in [-0.2, -0.15) is 11.8 Å². The lowest BCUT2D eigenvalue weighted by Gasteiger charge is -2.24. The number of aliphatic hydroxyl groups excluding tert-OH is 1. The number of carboxylic acids is 1. The average Bonchev–Trinajstić information content (AvgIpc) is 3.21. The van der Waals surface area contributed by atoms with Gasteiger partial charge in [0.1, 0.15) is 12.1 Å². The molecule has 0 saturated carbocycles. The standard InChI is InChI=1S/C18H30N6O6S/c1-9(22-16(27)12(19)4-5-31-3)15(26)23-13(6-11-7-20-8-21-11)17(28)24-14(10(2)25)18(29)30/h7-10,12-14,25H,4-6,19H2,1-3H3,(H,20,21)(H,22,27)(H,23,26)(H,24,28)(H,29,30). The number of amides is 3. The first-order valence-corrected chi connectivity index (χ1v) is 11.0. The zero-order valence-electron chi connectivity index (χ0n) is 17.6. The number of aliphatic carboxylic acids is 1. The quantitative estimate of drug-likeness (QED) is 0.174. The molecule has 1 aromatic rings. The Hall–Kier alpha value is -2.64. The number of carbonyl (C=O) groups is 4. The fourth-order valence-corrected chi connectivity index (χ4v) is 3.02. The molecule has 0 bridgehead atoms. The van der Waals surface area contributed by atoms with Gasteiger partial charge >= 0.3 is 5.97 Å². The van der Waals surface area contributed by atoms with Gasteiger partial charge in [0.15, 0.2) is 6.04 Å². The molecule has 0 spiro atoms. The van der Waals surface area contributed by atoms with E-state index in [-0.39, 0.29) is 6.42 Å². The number of nitrogens with one attached hydrogen (secondary N) is 4. The number of H-pyrrole nitrogens is 1. The lowest BCUT2D eigenvalue weighted by Crippen LogP contribution is -2.58. The number of aliphatic hydroxyl groups is 1. The van der Waals surface area contributed by atoms with Crippen LogP contribution in [0.5, 0.6) is 0 Å². The number of hydrogen-bond acceptors (Lipinski definition) is 8. The molecule has 8 N–H and O–H groups in total. The first kappa shape index (κ1) is 26.4. The second-order valence-electron chi connectivity index (χ2n) is 7.03. The molecule has 174 valence electrons. The van der Waals surface area contributed by atoms with E-state index in [9.17, 15) is 29.4 Å². The molecule has 0 aliphatic heterocycles. The summed E-state index contributed by atoms with van der Waals surface area (Å²) in [5.41, 5.74) is 6.31. The smallest absolute Gasteiger partial charge is 0.328 e. The average molecular weight is 459 g/mol. The first-order valence-electron chi connectivity index (χ1n) is 9.60. The maximum absolute atomic E-state index is 12.7. The Bertz CT molecular complexity index is 744. The lowest BCUT2D eigenvalue weighted by atomic mass is 10.1. The molecule has 0 aromatic carbocycles. The number of thioether (sulfide) groups is 1.